The van der Waals surface area contributed by atoms with Crippen LogP contribution in [-0.4, -0.2) is 45.2 Å². The van der Waals surface area contributed by atoms with E-state index in [-0.39, 0.29) is 5.97 Å². The molecule has 0 aliphatic heterocycles. The molecule has 18 heavy (non-hydrogen) atoms. The van der Waals surface area contributed by atoms with E-state index in [2.05, 4.69) is 10.2 Å². The molecule has 0 aliphatic rings. The van der Waals surface area contributed by atoms with Crippen LogP contribution in [0.15, 0.2) is 30.3 Å². The average molecular weight is 250 g/mol. The van der Waals surface area contributed by atoms with Gasteiger partial charge in [-0.05, 0) is 26.6 Å². The smallest absolute Gasteiger partial charge is 0.330 e. The Morgan fingerprint density at radius 1 is 1.33 bits per heavy atom. The Kier molecular flexibility index (Phi) is 5.31. The van der Waals surface area contributed by atoms with Gasteiger partial charge < -0.3 is 9.64 Å². The highest BCUT2D eigenvalue weighted by Gasteiger charge is 2.35. The number of nitrogens with one attached hydrogen (secondary N) is 1. The summed E-state index contributed by atoms with van der Waals surface area (Å²) in [6, 6.07) is 9.63. The highest BCUT2D eigenvalue weighted by atomic mass is 16.5. The molecule has 0 amide bonds. The quantitative estimate of drug-likeness (QED) is 0.771. The average Bonchev–Trinajstić information content (AvgIpc) is 2.38. The van der Waals surface area contributed by atoms with Crippen LogP contribution in [0, 0.1) is 0 Å². The van der Waals surface area contributed by atoms with Gasteiger partial charge in [0.1, 0.15) is 5.54 Å². The molecular weight excluding hydrogens is 228 g/mol. The molecule has 1 N–H and O–H groups in total. The summed E-state index contributed by atoms with van der Waals surface area (Å²) in [4.78, 5) is 14.1. The third-order valence-corrected chi connectivity index (χ3v) is 2.98. The van der Waals surface area contributed by atoms with Gasteiger partial charge in [0.05, 0.1) is 7.11 Å². The van der Waals surface area contributed by atoms with Crippen LogP contribution in [0.25, 0.3) is 0 Å². The van der Waals surface area contributed by atoms with Crippen molar-refractivity contribution in [3.8, 4) is 0 Å². The van der Waals surface area contributed by atoms with E-state index in [1.54, 1.807) is 0 Å². The van der Waals surface area contributed by atoms with Gasteiger partial charge in [-0.3, -0.25) is 5.32 Å². The number of carbonyl (C=O) groups excluding carboxylic acids is 1. The van der Waals surface area contributed by atoms with Crippen molar-refractivity contribution in [2.75, 3.05) is 34.3 Å². The summed E-state index contributed by atoms with van der Waals surface area (Å²) in [6.45, 7) is 3.43. The molecule has 0 spiro atoms. The third-order valence-electron chi connectivity index (χ3n) is 2.98. The minimum Gasteiger partial charge on any atom is -0.467 e. The Hall–Kier alpha value is -1.39. The molecule has 0 radical (unpaired) electrons. The van der Waals surface area contributed by atoms with E-state index in [0.717, 1.165) is 12.1 Å². The lowest BCUT2D eigenvalue weighted by Gasteiger charge is -2.29. The summed E-state index contributed by atoms with van der Waals surface area (Å²) in [5, 5.41) is 3.28. The largest absolute Gasteiger partial charge is 0.467 e. The molecule has 0 bridgehead atoms. The molecule has 1 atom stereocenters. The molecule has 0 aromatic heterocycles. The lowest BCUT2D eigenvalue weighted by atomic mass is 9.92. The molecule has 1 aromatic carbocycles. The third kappa shape index (κ3) is 3.55. The Bertz CT molecular complexity index is 379. The van der Waals surface area contributed by atoms with E-state index in [0.29, 0.717) is 6.54 Å². The summed E-state index contributed by atoms with van der Waals surface area (Å²) in [6.07, 6.45) is 0. The lowest BCUT2D eigenvalue weighted by Crippen LogP contribution is -2.49. The Labute approximate surface area is 109 Å². The summed E-state index contributed by atoms with van der Waals surface area (Å²) < 4.78 is 4.91. The van der Waals surface area contributed by atoms with E-state index in [9.17, 15) is 4.79 Å². The first kappa shape index (κ1) is 14.7. The van der Waals surface area contributed by atoms with Crippen molar-refractivity contribution in [2.45, 2.75) is 12.5 Å². The summed E-state index contributed by atoms with van der Waals surface area (Å²) in [5.74, 6) is -0.271. The maximum Gasteiger partial charge on any atom is 0.330 e. The number of likely N-dealkylation sites (N-methyl/N-ethyl adjacent to an activating group) is 1. The highest BCUT2D eigenvalue weighted by molar-refractivity contribution is 5.82. The number of carbonyl (C=O) groups is 1. The molecule has 100 valence electrons. The van der Waals surface area contributed by atoms with E-state index in [1.165, 1.54) is 7.11 Å². The molecule has 4 heteroatoms. The molecule has 0 fully saturated rings. The van der Waals surface area contributed by atoms with Gasteiger partial charge >= 0.3 is 5.97 Å². The molecular formula is C14H22N2O2. The highest BCUT2D eigenvalue weighted by Crippen LogP contribution is 2.21. The SMILES string of the molecule is COC(=O)C(C)(NCCN(C)C)c1ccccc1. The summed E-state index contributed by atoms with van der Waals surface area (Å²) in [7, 11) is 5.41. The maximum absolute atomic E-state index is 12.0. The topological polar surface area (TPSA) is 41.6 Å². The fraction of sp³-hybridized carbons (Fsp3) is 0.500. The first-order valence-electron chi connectivity index (χ1n) is 6.04. The Morgan fingerprint density at radius 3 is 2.44 bits per heavy atom. The second-order valence-corrected chi connectivity index (χ2v) is 4.71. The van der Waals surface area contributed by atoms with Crippen molar-refractivity contribution in [1.29, 1.82) is 0 Å². The molecule has 1 aromatic rings. The van der Waals surface area contributed by atoms with Crippen molar-refractivity contribution < 1.29 is 9.53 Å². The van der Waals surface area contributed by atoms with Crippen LogP contribution < -0.4 is 5.32 Å². The molecule has 0 saturated carbocycles. The monoisotopic (exact) mass is 250 g/mol. The number of esters is 1. The lowest BCUT2D eigenvalue weighted by molar-refractivity contribution is -0.148. The van der Waals surface area contributed by atoms with Gasteiger partial charge in [-0.2, -0.15) is 0 Å². The zero-order valence-electron chi connectivity index (χ0n) is 11.6. The molecule has 1 unspecified atom stereocenters. The minimum atomic E-state index is -0.800. The van der Waals surface area contributed by atoms with Crippen LogP contribution in [-0.2, 0) is 15.1 Å². The van der Waals surface area contributed by atoms with Crippen LogP contribution in [0.1, 0.15) is 12.5 Å². The second-order valence-electron chi connectivity index (χ2n) is 4.71. The normalized spacial score (nSPS) is 14.3. The van der Waals surface area contributed by atoms with Crippen LogP contribution in [0.5, 0.6) is 0 Å². The van der Waals surface area contributed by atoms with Crippen LogP contribution in [0.2, 0.25) is 0 Å². The number of rotatable bonds is 6. The predicted octanol–water partition coefficient (Wildman–Crippen LogP) is 1.23. The van der Waals surface area contributed by atoms with Gasteiger partial charge in [0, 0.05) is 13.1 Å². The van der Waals surface area contributed by atoms with Crippen LogP contribution in [0.3, 0.4) is 0 Å². The number of ether oxygens (including phenoxy) is 1. The van der Waals surface area contributed by atoms with E-state index >= 15 is 0 Å². The molecule has 0 aliphatic carbocycles. The van der Waals surface area contributed by atoms with Crippen molar-refractivity contribution >= 4 is 5.97 Å². The van der Waals surface area contributed by atoms with Gasteiger partial charge in [-0.25, -0.2) is 4.79 Å². The zero-order chi connectivity index (χ0) is 13.6. The number of benzene rings is 1. The molecule has 0 saturated heterocycles. The zero-order valence-corrected chi connectivity index (χ0v) is 11.6. The van der Waals surface area contributed by atoms with Gasteiger partial charge in [-0.1, -0.05) is 30.3 Å². The van der Waals surface area contributed by atoms with Crippen molar-refractivity contribution in [3.63, 3.8) is 0 Å². The first-order valence-corrected chi connectivity index (χ1v) is 6.04. The summed E-state index contributed by atoms with van der Waals surface area (Å²) >= 11 is 0. The van der Waals surface area contributed by atoms with E-state index in [1.807, 2.05) is 51.4 Å². The maximum atomic E-state index is 12.0. The predicted molar refractivity (Wildman–Crippen MR) is 72.4 cm³/mol. The Balaban J connectivity index is 2.86. The van der Waals surface area contributed by atoms with Crippen LogP contribution in [0.4, 0.5) is 0 Å². The molecule has 1 rings (SSSR count). The van der Waals surface area contributed by atoms with Crippen LogP contribution >= 0.6 is 0 Å². The van der Waals surface area contributed by atoms with Gasteiger partial charge in [0.15, 0.2) is 0 Å². The van der Waals surface area contributed by atoms with Gasteiger partial charge in [0.25, 0.3) is 0 Å². The molecule has 0 heterocycles. The molecule has 4 nitrogen and oxygen atoms in total. The van der Waals surface area contributed by atoms with E-state index in [4.69, 9.17) is 4.74 Å². The summed E-state index contributed by atoms with van der Waals surface area (Å²) in [5.41, 5.74) is 0.113. The number of nitrogens with zero attached hydrogens (tertiary/aromatic N) is 1. The number of methoxy groups -OCH3 is 1. The fourth-order valence-electron chi connectivity index (χ4n) is 1.80. The van der Waals surface area contributed by atoms with Gasteiger partial charge in [0.2, 0.25) is 0 Å². The van der Waals surface area contributed by atoms with Crippen molar-refractivity contribution in [2.24, 2.45) is 0 Å². The van der Waals surface area contributed by atoms with Crippen molar-refractivity contribution in [1.82, 2.24) is 10.2 Å². The van der Waals surface area contributed by atoms with E-state index < -0.39 is 5.54 Å². The second kappa shape index (κ2) is 6.52. The van der Waals surface area contributed by atoms with Crippen molar-refractivity contribution in [3.05, 3.63) is 35.9 Å². The minimum absolute atomic E-state index is 0.271. The first-order chi connectivity index (χ1) is 8.50. The number of hydrogen-bond donors (Lipinski definition) is 1. The fourth-order valence-corrected chi connectivity index (χ4v) is 1.80. The standard InChI is InChI=1S/C14H22N2O2/c1-14(13(17)18-4,15-10-11-16(2)3)12-8-6-5-7-9-12/h5-9,15H,10-11H2,1-4H3. The van der Waals surface area contributed by atoms with Gasteiger partial charge in [-0.15, -0.1) is 0 Å². The number of hydrogen-bond acceptors (Lipinski definition) is 4. The Morgan fingerprint density at radius 2 is 1.94 bits per heavy atom.